The third-order valence-electron chi connectivity index (χ3n) is 4.34. The minimum absolute atomic E-state index is 0.119. The van der Waals surface area contributed by atoms with Gasteiger partial charge in [0.25, 0.3) is 5.91 Å². The molecule has 1 aromatic carbocycles. The Morgan fingerprint density at radius 2 is 1.95 bits per heavy atom. The molecule has 21 heavy (non-hydrogen) atoms. The van der Waals surface area contributed by atoms with Crippen molar-refractivity contribution in [2.45, 2.75) is 45.2 Å². The number of carbonyl (C=O) groups excluding carboxylic acids is 1. The summed E-state index contributed by atoms with van der Waals surface area (Å²) in [6, 6.07) is 6.82. The summed E-state index contributed by atoms with van der Waals surface area (Å²) >= 11 is 0. The Bertz CT molecular complexity index is 460. The molecule has 1 aromatic rings. The Labute approximate surface area is 126 Å². The largest absolute Gasteiger partial charge is 0.348 e. The summed E-state index contributed by atoms with van der Waals surface area (Å²) in [6.45, 7) is 3.41. The highest BCUT2D eigenvalue weighted by Crippen LogP contribution is 2.23. The topological polar surface area (TPSA) is 33.5 Å². The molecule has 4 heteroatoms. The van der Waals surface area contributed by atoms with Crippen LogP contribution in [-0.4, -0.2) is 25.5 Å². The number of nitrogens with one attached hydrogen (secondary N) is 2. The molecule has 0 radical (unpaired) electrons. The number of likely N-dealkylation sites (N-methyl/N-ethyl adjacent to an activating group) is 1. The lowest BCUT2D eigenvalue weighted by Gasteiger charge is -2.29. The van der Waals surface area contributed by atoms with Gasteiger partial charge in [0.15, 0.2) is 6.54 Å². The molecule has 1 unspecified atom stereocenters. The van der Waals surface area contributed by atoms with Crippen molar-refractivity contribution in [1.29, 1.82) is 0 Å². The Morgan fingerprint density at radius 3 is 2.62 bits per heavy atom. The molecule has 3 nitrogen and oxygen atoms in total. The number of benzene rings is 1. The van der Waals surface area contributed by atoms with Gasteiger partial charge in [-0.1, -0.05) is 31.9 Å². The Morgan fingerprint density at radius 1 is 1.29 bits per heavy atom. The van der Waals surface area contributed by atoms with Crippen molar-refractivity contribution in [2.75, 3.05) is 13.6 Å². The third kappa shape index (κ3) is 5.12. The normalized spacial score (nSPS) is 23.6. The molecule has 0 aliphatic heterocycles. The SMILES string of the molecule is C[C@@H]1CCCC[C@@H]1NC(=O)C[NH+](C)Cc1ccc(F)cc1. The minimum atomic E-state index is -0.222. The van der Waals surface area contributed by atoms with Crippen molar-refractivity contribution >= 4 is 5.91 Å². The lowest BCUT2D eigenvalue weighted by atomic mass is 9.86. The van der Waals surface area contributed by atoms with Gasteiger partial charge in [0.05, 0.1) is 7.05 Å². The van der Waals surface area contributed by atoms with E-state index in [9.17, 15) is 9.18 Å². The van der Waals surface area contributed by atoms with E-state index in [1.807, 2.05) is 7.05 Å². The highest BCUT2D eigenvalue weighted by molar-refractivity contribution is 5.77. The first-order chi connectivity index (χ1) is 10.0. The first-order valence-electron chi connectivity index (χ1n) is 7.89. The van der Waals surface area contributed by atoms with E-state index in [1.165, 1.54) is 31.4 Å². The monoisotopic (exact) mass is 293 g/mol. The van der Waals surface area contributed by atoms with Crippen LogP contribution in [0.15, 0.2) is 24.3 Å². The van der Waals surface area contributed by atoms with Gasteiger partial charge in [0.2, 0.25) is 0 Å². The van der Waals surface area contributed by atoms with Crippen LogP contribution in [0.5, 0.6) is 0 Å². The fourth-order valence-corrected chi connectivity index (χ4v) is 3.08. The van der Waals surface area contributed by atoms with Gasteiger partial charge in [-0.3, -0.25) is 4.79 Å². The molecule has 116 valence electrons. The molecule has 0 heterocycles. The highest BCUT2D eigenvalue weighted by Gasteiger charge is 2.23. The summed E-state index contributed by atoms with van der Waals surface area (Å²) in [7, 11) is 1.99. The second kappa shape index (κ2) is 7.55. The Hall–Kier alpha value is -1.42. The quantitative estimate of drug-likeness (QED) is 0.848. The van der Waals surface area contributed by atoms with Crippen LogP contribution in [0.3, 0.4) is 0 Å². The van der Waals surface area contributed by atoms with Crippen LogP contribution in [0.4, 0.5) is 4.39 Å². The van der Waals surface area contributed by atoms with E-state index in [-0.39, 0.29) is 11.7 Å². The summed E-state index contributed by atoms with van der Waals surface area (Å²) < 4.78 is 12.9. The van der Waals surface area contributed by atoms with Crippen molar-refractivity contribution in [3.05, 3.63) is 35.6 Å². The van der Waals surface area contributed by atoms with E-state index in [4.69, 9.17) is 0 Å². The molecular formula is C17H26FN2O+. The number of hydrogen-bond donors (Lipinski definition) is 2. The highest BCUT2D eigenvalue weighted by atomic mass is 19.1. The second-order valence-corrected chi connectivity index (χ2v) is 6.37. The van der Waals surface area contributed by atoms with E-state index < -0.39 is 0 Å². The first-order valence-corrected chi connectivity index (χ1v) is 7.89. The van der Waals surface area contributed by atoms with Gasteiger partial charge in [-0.15, -0.1) is 0 Å². The molecule has 1 amide bonds. The van der Waals surface area contributed by atoms with E-state index in [0.29, 0.717) is 18.5 Å². The predicted octanol–water partition coefficient (Wildman–Crippen LogP) is 1.54. The standard InChI is InChI=1S/C17H25FN2O/c1-13-5-3-4-6-16(13)19-17(21)12-20(2)11-14-7-9-15(18)10-8-14/h7-10,13,16H,3-6,11-12H2,1-2H3,(H,19,21)/p+1/t13-,16+/m1/s1. The van der Waals surface area contributed by atoms with Crippen molar-refractivity contribution in [3.8, 4) is 0 Å². The summed E-state index contributed by atoms with van der Waals surface area (Å²) in [5.41, 5.74) is 1.05. The maximum Gasteiger partial charge on any atom is 0.275 e. The molecule has 0 aromatic heterocycles. The fraction of sp³-hybridized carbons (Fsp3) is 0.588. The van der Waals surface area contributed by atoms with Gasteiger partial charge in [-0.05, 0) is 30.9 Å². The summed E-state index contributed by atoms with van der Waals surface area (Å²) in [4.78, 5) is 13.2. The lowest BCUT2D eigenvalue weighted by Crippen LogP contribution is -3.09. The lowest BCUT2D eigenvalue weighted by molar-refractivity contribution is -0.885. The number of hydrogen-bond acceptors (Lipinski definition) is 1. The van der Waals surface area contributed by atoms with Crippen LogP contribution >= 0.6 is 0 Å². The van der Waals surface area contributed by atoms with Crippen molar-refractivity contribution in [3.63, 3.8) is 0 Å². The maximum absolute atomic E-state index is 12.9. The fourth-order valence-electron chi connectivity index (χ4n) is 3.08. The van der Waals surface area contributed by atoms with Gasteiger partial charge in [-0.2, -0.15) is 0 Å². The van der Waals surface area contributed by atoms with Crippen molar-refractivity contribution < 1.29 is 14.1 Å². The average Bonchev–Trinajstić information content (AvgIpc) is 2.44. The van der Waals surface area contributed by atoms with Gasteiger partial charge in [0.1, 0.15) is 12.4 Å². The molecule has 0 bridgehead atoms. The molecule has 1 saturated carbocycles. The molecule has 0 spiro atoms. The average molecular weight is 293 g/mol. The molecule has 1 fully saturated rings. The van der Waals surface area contributed by atoms with Crippen molar-refractivity contribution in [1.82, 2.24) is 5.32 Å². The zero-order valence-corrected chi connectivity index (χ0v) is 13.0. The minimum Gasteiger partial charge on any atom is -0.348 e. The molecule has 0 saturated heterocycles. The predicted molar refractivity (Wildman–Crippen MR) is 81.4 cm³/mol. The molecular weight excluding hydrogens is 267 g/mol. The number of quaternary nitrogens is 1. The number of amides is 1. The van der Waals surface area contributed by atoms with Crippen LogP contribution in [0.25, 0.3) is 0 Å². The van der Waals surface area contributed by atoms with Gasteiger partial charge in [-0.25, -0.2) is 4.39 Å². The summed E-state index contributed by atoms with van der Waals surface area (Å²) in [5, 5.41) is 3.17. The van der Waals surface area contributed by atoms with E-state index >= 15 is 0 Å². The Balaban J connectivity index is 1.77. The summed E-state index contributed by atoms with van der Waals surface area (Å²) in [6.07, 6.45) is 4.81. The van der Waals surface area contributed by atoms with Crippen molar-refractivity contribution in [2.24, 2.45) is 5.92 Å². The molecule has 3 atom stereocenters. The van der Waals surface area contributed by atoms with Crippen LogP contribution in [-0.2, 0) is 11.3 Å². The smallest absolute Gasteiger partial charge is 0.275 e. The number of halogens is 1. The Kier molecular flexibility index (Phi) is 5.74. The van der Waals surface area contributed by atoms with Gasteiger partial charge < -0.3 is 10.2 Å². The second-order valence-electron chi connectivity index (χ2n) is 6.37. The maximum atomic E-state index is 12.9. The molecule has 1 aliphatic carbocycles. The zero-order valence-electron chi connectivity index (χ0n) is 13.0. The van der Waals surface area contributed by atoms with Crippen LogP contribution in [0.2, 0.25) is 0 Å². The first kappa shape index (κ1) is 16.0. The molecule has 1 aliphatic rings. The van der Waals surface area contributed by atoms with E-state index in [1.54, 1.807) is 12.1 Å². The van der Waals surface area contributed by atoms with Crippen LogP contribution in [0.1, 0.15) is 38.2 Å². The van der Waals surface area contributed by atoms with Crippen LogP contribution in [0, 0.1) is 11.7 Å². The number of carbonyl (C=O) groups is 1. The third-order valence-corrected chi connectivity index (χ3v) is 4.34. The number of rotatable bonds is 5. The molecule has 2 N–H and O–H groups in total. The zero-order chi connectivity index (χ0) is 15.2. The van der Waals surface area contributed by atoms with Gasteiger partial charge >= 0.3 is 0 Å². The van der Waals surface area contributed by atoms with E-state index in [2.05, 4.69) is 12.2 Å². The van der Waals surface area contributed by atoms with Crippen LogP contribution < -0.4 is 10.2 Å². The molecule has 2 rings (SSSR count). The van der Waals surface area contributed by atoms with E-state index in [0.717, 1.165) is 23.4 Å². The van der Waals surface area contributed by atoms with Gasteiger partial charge in [0, 0.05) is 11.6 Å². The summed E-state index contributed by atoms with van der Waals surface area (Å²) in [5.74, 6) is 0.480.